The first-order valence-corrected chi connectivity index (χ1v) is 9.01. The smallest absolute Gasteiger partial charge is 0.234 e. The second-order valence-electron chi connectivity index (χ2n) is 7.32. The summed E-state index contributed by atoms with van der Waals surface area (Å²) < 4.78 is 0. The van der Waals surface area contributed by atoms with Crippen LogP contribution in [0.3, 0.4) is 0 Å². The Morgan fingerprint density at radius 2 is 2.00 bits per heavy atom. The van der Waals surface area contributed by atoms with E-state index in [1.165, 1.54) is 51.4 Å². The molecule has 0 bridgehead atoms. The molecule has 2 aliphatic heterocycles. The van der Waals surface area contributed by atoms with Gasteiger partial charge in [-0.2, -0.15) is 0 Å². The predicted molar refractivity (Wildman–Crippen MR) is 85.2 cm³/mol. The molecule has 21 heavy (non-hydrogen) atoms. The normalized spacial score (nSPS) is 37.8. The number of nitrogens with one attached hydrogen (secondary N) is 2. The van der Waals surface area contributed by atoms with Crippen LogP contribution in [0.2, 0.25) is 0 Å². The Kier molecular flexibility index (Phi) is 5.17. The molecule has 4 atom stereocenters. The van der Waals surface area contributed by atoms with Crippen molar-refractivity contribution in [1.82, 2.24) is 15.5 Å². The Labute approximate surface area is 129 Å². The molecule has 3 rings (SSSR count). The van der Waals surface area contributed by atoms with Gasteiger partial charge in [0.25, 0.3) is 0 Å². The molecule has 0 radical (unpaired) electrons. The SMILES string of the molecule is CC1CCCCC1NC(=O)CN1CCCC1C1CCCN1. The second-order valence-corrected chi connectivity index (χ2v) is 7.32. The molecule has 0 spiro atoms. The molecule has 4 unspecified atom stereocenters. The van der Waals surface area contributed by atoms with Crippen molar-refractivity contribution in [2.45, 2.75) is 76.4 Å². The first-order valence-electron chi connectivity index (χ1n) is 9.01. The highest BCUT2D eigenvalue weighted by Crippen LogP contribution is 2.25. The fourth-order valence-electron chi connectivity index (χ4n) is 4.51. The molecule has 4 nitrogen and oxygen atoms in total. The summed E-state index contributed by atoms with van der Waals surface area (Å²) in [5.74, 6) is 0.896. The third-order valence-electron chi connectivity index (χ3n) is 5.78. The average Bonchev–Trinajstić information content (AvgIpc) is 3.11. The van der Waals surface area contributed by atoms with Crippen molar-refractivity contribution in [1.29, 1.82) is 0 Å². The van der Waals surface area contributed by atoms with E-state index in [1.807, 2.05) is 0 Å². The summed E-state index contributed by atoms with van der Waals surface area (Å²) in [5, 5.41) is 6.92. The summed E-state index contributed by atoms with van der Waals surface area (Å²) >= 11 is 0. The summed E-state index contributed by atoms with van der Waals surface area (Å²) in [4.78, 5) is 14.8. The molecule has 0 aromatic rings. The fraction of sp³-hybridized carbons (Fsp3) is 0.941. The molecule has 120 valence electrons. The lowest BCUT2D eigenvalue weighted by Gasteiger charge is -2.32. The summed E-state index contributed by atoms with van der Waals surface area (Å²) in [5.41, 5.74) is 0. The average molecular weight is 293 g/mol. The number of hydrogen-bond donors (Lipinski definition) is 2. The number of nitrogens with zero attached hydrogens (tertiary/aromatic N) is 1. The molecule has 1 amide bonds. The van der Waals surface area contributed by atoms with E-state index in [0.717, 1.165) is 13.1 Å². The van der Waals surface area contributed by atoms with Crippen molar-refractivity contribution in [2.75, 3.05) is 19.6 Å². The first kappa shape index (κ1) is 15.3. The summed E-state index contributed by atoms with van der Waals surface area (Å²) in [6.45, 7) is 5.13. The lowest BCUT2D eigenvalue weighted by molar-refractivity contribution is -0.123. The molecule has 2 saturated heterocycles. The van der Waals surface area contributed by atoms with E-state index in [-0.39, 0.29) is 5.91 Å². The Morgan fingerprint density at radius 3 is 2.76 bits per heavy atom. The fourth-order valence-corrected chi connectivity index (χ4v) is 4.51. The van der Waals surface area contributed by atoms with Crippen LogP contribution in [0.5, 0.6) is 0 Å². The zero-order valence-corrected chi connectivity index (χ0v) is 13.4. The number of carbonyl (C=O) groups is 1. The predicted octanol–water partition coefficient (Wildman–Crippen LogP) is 1.90. The molecule has 3 aliphatic rings. The quantitative estimate of drug-likeness (QED) is 0.832. The number of likely N-dealkylation sites (tertiary alicyclic amines) is 1. The minimum absolute atomic E-state index is 0.249. The topological polar surface area (TPSA) is 44.4 Å². The van der Waals surface area contributed by atoms with Gasteiger partial charge in [0.2, 0.25) is 5.91 Å². The number of hydrogen-bond acceptors (Lipinski definition) is 3. The van der Waals surface area contributed by atoms with E-state index in [1.54, 1.807) is 0 Å². The van der Waals surface area contributed by atoms with Crippen molar-refractivity contribution in [3.8, 4) is 0 Å². The van der Waals surface area contributed by atoms with Gasteiger partial charge in [-0.05, 0) is 57.5 Å². The molecule has 1 aliphatic carbocycles. The lowest BCUT2D eigenvalue weighted by atomic mass is 9.86. The molecule has 0 aromatic heterocycles. The summed E-state index contributed by atoms with van der Waals surface area (Å²) in [6, 6.07) is 1.62. The van der Waals surface area contributed by atoms with Crippen LogP contribution in [0.4, 0.5) is 0 Å². The van der Waals surface area contributed by atoms with Crippen LogP contribution in [0.25, 0.3) is 0 Å². The molecule has 3 fully saturated rings. The van der Waals surface area contributed by atoms with E-state index < -0.39 is 0 Å². The third-order valence-corrected chi connectivity index (χ3v) is 5.78. The zero-order valence-electron chi connectivity index (χ0n) is 13.4. The molecule has 2 N–H and O–H groups in total. The maximum atomic E-state index is 12.4. The van der Waals surface area contributed by atoms with Crippen LogP contribution < -0.4 is 10.6 Å². The number of carbonyl (C=O) groups excluding carboxylic acids is 1. The van der Waals surface area contributed by atoms with Crippen LogP contribution in [0.1, 0.15) is 58.3 Å². The first-order chi connectivity index (χ1) is 10.2. The summed E-state index contributed by atoms with van der Waals surface area (Å²) in [6.07, 6.45) is 10.1. The van der Waals surface area contributed by atoms with Crippen LogP contribution in [0, 0.1) is 5.92 Å². The van der Waals surface area contributed by atoms with Crippen LogP contribution in [-0.2, 0) is 4.79 Å². The standard InChI is InChI=1S/C17H31N3O/c1-13-6-2-3-7-14(13)19-17(21)12-20-11-5-9-16(20)15-8-4-10-18-15/h13-16,18H,2-12H2,1H3,(H,19,21). The maximum absolute atomic E-state index is 12.4. The van der Waals surface area contributed by atoms with Gasteiger partial charge in [0, 0.05) is 18.1 Å². The highest BCUT2D eigenvalue weighted by molar-refractivity contribution is 5.78. The van der Waals surface area contributed by atoms with Gasteiger partial charge >= 0.3 is 0 Å². The van der Waals surface area contributed by atoms with Crippen LogP contribution in [-0.4, -0.2) is 48.6 Å². The van der Waals surface area contributed by atoms with Gasteiger partial charge < -0.3 is 10.6 Å². The van der Waals surface area contributed by atoms with Gasteiger partial charge in [0.15, 0.2) is 0 Å². The van der Waals surface area contributed by atoms with Crippen LogP contribution >= 0.6 is 0 Å². The Bertz CT molecular complexity index is 354. The molecule has 1 saturated carbocycles. The van der Waals surface area contributed by atoms with Crippen molar-refractivity contribution in [3.63, 3.8) is 0 Å². The van der Waals surface area contributed by atoms with E-state index in [9.17, 15) is 4.79 Å². The Balaban J connectivity index is 1.49. The zero-order chi connectivity index (χ0) is 14.7. The van der Waals surface area contributed by atoms with Crippen molar-refractivity contribution < 1.29 is 4.79 Å². The Morgan fingerprint density at radius 1 is 1.14 bits per heavy atom. The van der Waals surface area contributed by atoms with E-state index in [0.29, 0.717) is 30.6 Å². The molecular formula is C17H31N3O. The Hall–Kier alpha value is -0.610. The van der Waals surface area contributed by atoms with Crippen molar-refractivity contribution >= 4 is 5.91 Å². The molecular weight excluding hydrogens is 262 g/mol. The second kappa shape index (κ2) is 7.10. The largest absolute Gasteiger partial charge is 0.352 e. The minimum Gasteiger partial charge on any atom is -0.352 e. The van der Waals surface area contributed by atoms with Crippen molar-refractivity contribution in [2.24, 2.45) is 5.92 Å². The highest BCUT2D eigenvalue weighted by Gasteiger charge is 2.34. The highest BCUT2D eigenvalue weighted by atomic mass is 16.2. The molecule has 0 aromatic carbocycles. The van der Waals surface area contributed by atoms with Gasteiger partial charge in [-0.15, -0.1) is 0 Å². The third kappa shape index (κ3) is 3.78. The van der Waals surface area contributed by atoms with Gasteiger partial charge in [-0.1, -0.05) is 19.8 Å². The van der Waals surface area contributed by atoms with E-state index in [4.69, 9.17) is 0 Å². The van der Waals surface area contributed by atoms with Crippen molar-refractivity contribution in [3.05, 3.63) is 0 Å². The lowest BCUT2D eigenvalue weighted by Crippen LogP contribution is -2.50. The van der Waals surface area contributed by atoms with Gasteiger partial charge in [0.1, 0.15) is 0 Å². The van der Waals surface area contributed by atoms with Gasteiger partial charge in [0.05, 0.1) is 6.54 Å². The minimum atomic E-state index is 0.249. The molecule has 2 heterocycles. The van der Waals surface area contributed by atoms with Crippen LogP contribution in [0.15, 0.2) is 0 Å². The number of rotatable bonds is 4. The molecule has 4 heteroatoms. The monoisotopic (exact) mass is 293 g/mol. The maximum Gasteiger partial charge on any atom is 0.234 e. The van der Waals surface area contributed by atoms with E-state index >= 15 is 0 Å². The number of amides is 1. The van der Waals surface area contributed by atoms with E-state index in [2.05, 4.69) is 22.5 Å². The van der Waals surface area contributed by atoms with Gasteiger partial charge in [-0.25, -0.2) is 0 Å². The van der Waals surface area contributed by atoms with Gasteiger partial charge in [-0.3, -0.25) is 9.69 Å². The summed E-state index contributed by atoms with van der Waals surface area (Å²) in [7, 11) is 0.